The molecule has 0 saturated heterocycles. The predicted octanol–water partition coefficient (Wildman–Crippen LogP) is 3.60. The Morgan fingerprint density at radius 3 is 1.00 bits per heavy atom. The molecule has 0 aliphatic carbocycles. The molecule has 14 heavy (non-hydrogen) atoms. The average molecular weight is 279 g/mol. The molecule has 0 spiro atoms. The van der Waals surface area contributed by atoms with Gasteiger partial charge in [-0.3, -0.25) is 9.42 Å². The quantitative estimate of drug-likeness (QED) is 0.403. The van der Waals surface area contributed by atoms with Gasteiger partial charge in [-0.15, -0.1) is 0 Å². The van der Waals surface area contributed by atoms with Crippen LogP contribution in [0, 0.1) is 5.41 Å². The number of isocyanates is 1. The lowest BCUT2D eigenvalue weighted by Crippen LogP contribution is -1.16. The summed E-state index contributed by atoms with van der Waals surface area (Å²) in [5.41, 5.74) is 0. The molecular formula is C6H29F2N2OPS2. The van der Waals surface area contributed by atoms with Gasteiger partial charge < -0.3 is 6.15 Å². The van der Waals surface area contributed by atoms with Crippen LogP contribution in [-0.4, -0.2) is 7.53 Å². The van der Waals surface area contributed by atoms with Crippen molar-refractivity contribution in [2.75, 3.05) is 0 Å². The molecule has 4 N–H and O–H groups in total. The van der Waals surface area contributed by atoms with Gasteiger partial charge in [-0.1, -0.05) is 37.1 Å². The van der Waals surface area contributed by atoms with Crippen molar-refractivity contribution in [3.8, 4) is 0 Å². The Morgan fingerprint density at radius 1 is 1.00 bits per heavy atom. The smallest absolute Gasteiger partial charge is 0.269 e. The Kier molecular flexibility index (Phi) is 17200. The molecule has 3 nitrogen and oxygen atoms in total. The van der Waals surface area contributed by atoms with Crippen LogP contribution in [-0.2, 0) is 27.2 Å². The Labute approximate surface area is 103 Å². The lowest BCUT2D eigenvalue weighted by atomic mass is 11.7. The summed E-state index contributed by atoms with van der Waals surface area (Å²) < 4.78 is 13.0. The van der Waals surface area contributed by atoms with Gasteiger partial charge in [0.1, 0.15) is 0 Å². The molecular weight excluding hydrogens is 249 g/mol. The molecule has 0 aromatic carbocycles. The van der Waals surface area contributed by atoms with Crippen molar-refractivity contribution in [1.29, 1.82) is 6.86 Å². The number of hydrogen-bond donors (Lipinski definition) is 2. The lowest BCUT2D eigenvalue weighted by Gasteiger charge is -1.02. The molecule has 1 unspecified atom stereocenters. The van der Waals surface area contributed by atoms with E-state index in [1.54, 1.807) is 0 Å². The van der Waals surface area contributed by atoms with Crippen molar-refractivity contribution < 1.29 is 14.2 Å². The van der Waals surface area contributed by atoms with Crippen molar-refractivity contribution in [2.45, 2.75) is 37.1 Å². The van der Waals surface area contributed by atoms with Crippen LogP contribution in [0.5, 0.6) is 0 Å². The largest absolute Gasteiger partial charge is 0.344 e. The molecule has 0 bridgehead atoms. The molecule has 0 aromatic rings. The van der Waals surface area contributed by atoms with Crippen LogP contribution in [0.4, 0.5) is 9.42 Å². The number of nitrogens with one attached hydrogen (secondary N) is 1. The van der Waals surface area contributed by atoms with Crippen molar-refractivity contribution in [3.05, 3.63) is 0 Å². The zero-order valence-electron chi connectivity index (χ0n) is 5.43. The van der Waals surface area contributed by atoms with E-state index in [2.05, 4.69) is 23.8 Å². The van der Waals surface area contributed by atoms with Crippen LogP contribution >= 0.6 is 9.90 Å². The number of hydrogen-bond acceptors (Lipinski definition) is 5. The maximum Gasteiger partial charge on any atom is 0.269 e. The van der Waals surface area contributed by atoms with Gasteiger partial charge in [0.25, 0.3) is 1.45 Å². The number of halogens is 2. The number of rotatable bonds is 0. The molecule has 0 saturated carbocycles. The predicted molar refractivity (Wildman–Crippen MR) is 77.9 cm³/mol. The average Bonchev–Trinajstić information content (AvgIpc) is 1.78. The second-order valence-corrected chi connectivity index (χ2v) is 0.102. The summed E-state index contributed by atoms with van der Waals surface area (Å²) in [5, 5.41) is 5.40. The van der Waals surface area contributed by atoms with Crippen molar-refractivity contribution >= 4 is 38.4 Å². The second-order valence-electron chi connectivity index (χ2n) is 0.102. The first kappa shape index (κ1) is 145. The lowest BCUT2D eigenvalue weighted by molar-refractivity contribution is 0.563. The molecule has 1 atom stereocenters. The van der Waals surface area contributed by atoms with Crippen molar-refractivity contribution in [3.63, 3.8) is 0 Å². The molecule has 0 heterocycles. The fourth-order valence-electron chi connectivity index (χ4n) is 0. The van der Waals surface area contributed by atoms with Crippen LogP contribution in [0.1, 0.15) is 37.1 Å². The Hall–Kier alpha value is 0.0700. The van der Waals surface area contributed by atoms with Gasteiger partial charge in [0, 0.05) is 22.4 Å². The van der Waals surface area contributed by atoms with E-state index >= 15 is 0 Å². The highest BCUT2D eigenvalue weighted by atomic mass is 32.8. The summed E-state index contributed by atoms with van der Waals surface area (Å²) in [7, 11) is 0. The van der Waals surface area contributed by atoms with Gasteiger partial charge in [0.05, 0.1) is 0 Å². The molecule has 0 amide bonds. The summed E-state index contributed by atoms with van der Waals surface area (Å²) in [6.07, 6.45) is 0.750. The van der Waals surface area contributed by atoms with Crippen LogP contribution in [0.2, 0.25) is 0 Å². The highest BCUT2D eigenvalue weighted by Crippen LogP contribution is 0.868. The molecule has 0 fully saturated rings. The summed E-state index contributed by atoms with van der Waals surface area (Å²) in [6.45, 7) is 0. The van der Waals surface area contributed by atoms with Crippen molar-refractivity contribution in [1.82, 2.24) is 6.15 Å². The normalized spacial score (nSPS) is 1.36. The molecule has 0 aliphatic rings. The Morgan fingerprint density at radius 2 is 1.00 bits per heavy atom. The second kappa shape index (κ2) is 1660. The maximum absolute atomic E-state index is 8.75. The molecule has 8 heteroatoms. The minimum absolute atomic E-state index is 0. The van der Waals surface area contributed by atoms with E-state index in [9.17, 15) is 0 Å². The molecule has 0 rings (SSSR count). The molecule has 0 aromatic heterocycles. The first-order valence-electron chi connectivity index (χ1n) is 0.999. The summed E-state index contributed by atoms with van der Waals surface area (Å²) in [4.78, 5) is 8.35. The molecule has 100 valence electrons. The van der Waals surface area contributed by atoms with E-state index in [0.29, 0.717) is 0 Å². The topological polar surface area (TPSA) is 75.9 Å². The standard InChI is InChI=1S/CHNO.5CH4.2FH.H3N.H3P.S2/c2-1-3;;;;;;;;;;1-2/h2H;5*1H4;2*1H;2*1H3;/i/hD. The van der Waals surface area contributed by atoms with E-state index in [0.717, 1.165) is 6.08 Å². The highest BCUT2D eigenvalue weighted by molar-refractivity contribution is 8.07. The van der Waals surface area contributed by atoms with Crippen LogP contribution < -0.4 is 6.15 Å². The van der Waals surface area contributed by atoms with Gasteiger partial charge >= 0.3 is 0 Å². The monoisotopic (exact) mass is 279 g/mol. The summed E-state index contributed by atoms with van der Waals surface area (Å²) in [5.74, 6) is 0. The van der Waals surface area contributed by atoms with Crippen LogP contribution in [0.3, 0.4) is 0 Å². The molecule has 0 aliphatic heterocycles. The van der Waals surface area contributed by atoms with E-state index in [4.69, 9.17) is 14.9 Å². The van der Waals surface area contributed by atoms with E-state index < -0.39 is 0 Å². The summed E-state index contributed by atoms with van der Waals surface area (Å²) in [6, 6.07) is 0. The highest BCUT2D eigenvalue weighted by Gasteiger charge is 1.03. The Balaban J connectivity index is -0.00000000142. The van der Waals surface area contributed by atoms with Gasteiger partial charge in [-0.25, -0.2) is 10.2 Å². The first-order chi connectivity index (χ1) is 3.41. The SMILES string of the molecule is C.C.C.C.C.F.N.N=C=O.P.S=S.[2H]F. The van der Waals surface area contributed by atoms with E-state index in [1.165, 1.54) is 0 Å². The van der Waals surface area contributed by atoms with E-state index in [1.807, 2.05) is 0 Å². The Bertz CT molecular complexity index is 66.4. The van der Waals surface area contributed by atoms with Crippen LogP contribution in [0.25, 0.3) is 0 Å². The fourth-order valence-corrected chi connectivity index (χ4v) is 0. The van der Waals surface area contributed by atoms with E-state index in [-0.39, 0.29) is 57.9 Å². The minimum atomic E-state index is 0. The van der Waals surface area contributed by atoms with Gasteiger partial charge in [-0.05, 0) is 0 Å². The van der Waals surface area contributed by atoms with Crippen LogP contribution in [0.15, 0.2) is 0 Å². The summed E-state index contributed by atoms with van der Waals surface area (Å²) >= 11 is 7.33. The van der Waals surface area contributed by atoms with Gasteiger partial charge in [-0.2, -0.15) is 9.90 Å². The first-order valence-corrected chi connectivity index (χ1v) is 1.95. The zero-order chi connectivity index (χ0) is 6.71. The zero-order valence-corrected chi connectivity index (χ0v) is 7.47. The van der Waals surface area contributed by atoms with Gasteiger partial charge in [0.2, 0.25) is 6.08 Å². The third kappa shape index (κ3) is 302000. The third-order valence-electron chi connectivity index (χ3n) is 0. The molecule has 0 radical (unpaired) electrons. The third-order valence-corrected chi connectivity index (χ3v) is 0. The number of carbonyl (C=O) groups excluding carboxylic acids is 1. The van der Waals surface area contributed by atoms with Crippen molar-refractivity contribution in [2.24, 2.45) is 0 Å². The minimum Gasteiger partial charge on any atom is -0.344 e. The fraction of sp³-hybridized carbons (Fsp3) is 0.833. The van der Waals surface area contributed by atoms with Gasteiger partial charge in [0.15, 0.2) is 0 Å². The maximum atomic E-state index is 8.75.